The molecule has 0 bridgehead atoms. The molecule has 3 aromatic rings. The standard InChI is InChI=1S/C19H21ClN4O2S/c1-13-5-6-14(19(2,3)4)9-18(13)27(25,26)23-16-10-15(20)7-8-17(16)24-12-21-11-22-24/h5-12,23H,1-4H3. The maximum atomic E-state index is 13.1. The highest BCUT2D eigenvalue weighted by atomic mass is 35.5. The number of aryl methyl sites for hydroxylation is 1. The van der Waals surface area contributed by atoms with E-state index in [1.807, 2.05) is 32.9 Å². The van der Waals surface area contributed by atoms with Crippen LogP contribution in [0, 0.1) is 6.92 Å². The Bertz CT molecular complexity index is 1070. The van der Waals surface area contributed by atoms with E-state index in [1.165, 1.54) is 17.3 Å². The number of aromatic nitrogens is 3. The molecule has 1 heterocycles. The van der Waals surface area contributed by atoms with Crippen LogP contribution in [-0.2, 0) is 15.4 Å². The number of hydrogen-bond donors (Lipinski definition) is 1. The van der Waals surface area contributed by atoms with Crippen LogP contribution >= 0.6 is 11.6 Å². The Kier molecular flexibility index (Phi) is 5.01. The second-order valence-electron chi connectivity index (χ2n) is 7.34. The summed E-state index contributed by atoms with van der Waals surface area (Å²) in [4.78, 5) is 4.15. The molecule has 6 nitrogen and oxygen atoms in total. The van der Waals surface area contributed by atoms with Crippen molar-refractivity contribution in [2.75, 3.05) is 4.72 Å². The molecule has 0 amide bonds. The molecule has 8 heteroatoms. The van der Waals surface area contributed by atoms with Gasteiger partial charge >= 0.3 is 0 Å². The summed E-state index contributed by atoms with van der Waals surface area (Å²) in [5.41, 5.74) is 2.30. The number of nitrogens with zero attached hydrogens (tertiary/aromatic N) is 3. The molecule has 0 unspecified atom stereocenters. The van der Waals surface area contributed by atoms with Crippen LogP contribution in [0.15, 0.2) is 53.9 Å². The fraction of sp³-hybridized carbons (Fsp3) is 0.263. The van der Waals surface area contributed by atoms with Crippen LogP contribution in [0.25, 0.3) is 5.69 Å². The summed E-state index contributed by atoms with van der Waals surface area (Å²) in [6.07, 6.45) is 2.87. The number of nitrogens with one attached hydrogen (secondary N) is 1. The normalized spacial score (nSPS) is 12.2. The molecule has 1 N–H and O–H groups in total. The highest BCUT2D eigenvalue weighted by Gasteiger charge is 2.23. The first kappa shape index (κ1) is 19.4. The molecule has 0 radical (unpaired) electrons. The lowest BCUT2D eigenvalue weighted by molar-refractivity contribution is 0.584. The highest BCUT2D eigenvalue weighted by molar-refractivity contribution is 7.92. The van der Waals surface area contributed by atoms with E-state index in [0.717, 1.165) is 5.56 Å². The van der Waals surface area contributed by atoms with Crippen molar-refractivity contribution in [1.29, 1.82) is 0 Å². The van der Waals surface area contributed by atoms with E-state index in [-0.39, 0.29) is 10.3 Å². The van der Waals surface area contributed by atoms with Gasteiger partial charge in [0.1, 0.15) is 12.7 Å². The first-order chi connectivity index (χ1) is 12.6. The number of benzene rings is 2. The van der Waals surface area contributed by atoms with Gasteiger partial charge in [-0.2, -0.15) is 5.10 Å². The van der Waals surface area contributed by atoms with E-state index >= 15 is 0 Å². The Morgan fingerprint density at radius 3 is 2.48 bits per heavy atom. The molecule has 1 aromatic heterocycles. The quantitative estimate of drug-likeness (QED) is 0.702. The Morgan fingerprint density at radius 1 is 1.11 bits per heavy atom. The van der Waals surface area contributed by atoms with Gasteiger partial charge in [0.2, 0.25) is 0 Å². The molecular formula is C19H21ClN4O2S. The predicted octanol–water partition coefficient (Wildman–Crippen LogP) is 4.33. The smallest absolute Gasteiger partial charge is 0.262 e. The average molecular weight is 405 g/mol. The van der Waals surface area contributed by atoms with Crippen molar-refractivity contribution in [3.8, 4) is 5.69 Å². The van der Waals surface area contributed by atoms with E-state index in [1.54, 1.807) is 31.2 Å². The summed E-state index contributed by atoms with van der Waals surface area (Å²) in [7, 11) is -3.83. The Labute approximate surface area is 164 Å². The molecule has 0 aliphatic carbocycles. The van der Waals surface area contributed by atoms with E-state index in [9.17, 15) is 8.42 Å². The number of anilines is 1. The third-order valence-corrected chi connectivity index (χ3v) is 5.95. The fourth-order valence-electron chi connectivity index (χ4n) is 2.68. The molecular weight excluding hydrogens is 384 g/mol. The topological polar surface area (TPSA) is 76.9 Å². The number of rotatable bonds is 4. The Balaban J connectivity index is 2.08. The molecule has 2 aromatic carbocycles. The molecule has 0 atom stereocenters. The zero-order valence-corrected chi connectivity index (χ0v) is 17.1. The molecule has 27 heavy (non-hydrogen) atoms. The number of halogens is 1. The van der Waals surface area contributed by atoms with Crippen LogP contribution in [0.1, 0.15) is 31.9 Å². The van der Waals surface area contributed by atoms with Crippen LogP contribution in [0.4, 0.5) is 5.69 Å². The number of hydrogen-bond acceptors (Lipinski definition) is 4. The van der Waals surface area contributed by atoms with Gasteiger partial charge in [-0.05, 0) is 47.7 Å². The molecule has 0 aliphatic rings. The van der Waals surface area contributed by atoms with Crippen LogP contribution in [-0.4, -0.2) is 23.2 Å². The van der Waals surface area contributed by atoms with Crippen LogP contribution < -0.4 is 4.72 Å². The second-order valence-corrected chi connectivity index (χ2v) is 9.42. The van der Waals surface area contributed by atoms with E-state index in [4.69, 9.17) is 11.6 Å². The Morgan fingerprint density at radius 2 is 1.85 bits per heavy atom. The van der Waals surface area contributed by atoms with Crippen molar-refractivity contribution in [3.63, 3.8) is 0 Å². The Hall–Kier alpha value is -2.38. The summed E-state index contributed by atoms with van der Waals surface area (Å²) in [5.74, 6) is 0. The zero-order chi connectivity index (χ0) is 19.8. The van der Waals surface area contributed by atoms with Gasteiger partial charge in [0, 0.05) is 5.02 Å². The van der Waals surface area contributed by atoms with Gasteiger partial charge in [-0.1, -0.05) is 44.5 Å². The van der Waals surface area contributed by atoms with E-state index in [0.29, 0.717) is 22.0 Å². The third-order valence-electron chi connectivity index (χ3n) is 4.21. The lowest BCUT2D eigenvalue weighted by Crippen LogP contribution is -2.18. The summed E-state index contributed by atoms with van der Waals surface area (Å²) in [6.45, 7) is 7.90. The minimum atomic E-state index is -3.83. The van der Waals surface area contributed by atoms with Crippen LogP contribution in [0.3, 0.4) is 0 Å². The largest absolute Gasteiger partial charge is 0.277 e. The first-order valence-electron chi connectivity index (χ1n) is 8.36. The van der Waals surface area contributed by atoms with Crippen molar-refractivity contribution in [1.82, 2.24) is 14.8 Å². The van der Waals surface area contributed by atoms with Crippen LogP contribution in [0.2, 0.25) is 5.02 Å². The molecule has 142 valence electrons. The fourth-order valence-corrected chi connectivity index (χ4v) is 4.19. The van der Waals surface area contributed by atoms with Gasteiger partial charge in [-0.3, -0.25) is 4.72 Å². The van der Waals surface area contributed by atoms with E-state index in [2.05, 4.69) is 14.8 Å². The zero-order valence-electron chi connectivity index (χ0n) is 15.6. The van der Waals surface area contributed by atoms with Crippen molar-refractivity contribution >= 4 is 27.3 Å². The number of sulfonamides is 1. The van der Waals surface area contributed by atoms with Gasteiger partial charge in [-0.25, -0.2) is 18.1 Å². The SMILES string of the molecule is Cc1ccc(C(C)(C)C)cc1S(=O)(=O)Nc1cc(Cl)ccc1-n1cncn1. The predicted molar refractivity (Wildman–Crippen MR) is 107 cm³/mol. The van der Waals surface area contributed by atoms with Crippen molar-refractivity contribution in [3.05, 3.63) is 65.2 Å². The maximum Gasteiger partial charge on any atom is 0.262 e. The summed E-state index contributed by atoms with van der Waals surface area (Å²) < 4.78 is 30.4. The first-order valence-corrected chi connectivity index (χ1v) is 10.2. The molecule has 0 spiro atoms. The van der Waals surface area contributed by atoms with Crippen molar-refractivity contribution in [2.24, 2.45) is 0 Å². The lowest BCUT2D eigenvalue weighted by atomic mass is 9.87. The molecule has 0 saturated carbocycles. The van der Waals surface area contributed by atoms with E-state index < -0.39 is 10.0 Å². The maximum absolute atomic E-state index is 13.1. The van der Waals surface area contributed by atoms with Gasteiger partial charge < -0.3 is 0 Å². The minimum absolute atomic E-state index is 0.167. The molecule has 0 fully saturated rings. The van der Waals surface area contributed by atoms with Crippen molar-refractivity contribution < 1.29 is 8.42 Å². The second kappa shape index (κ2) is 6.98. The third kappa shape index (κ3) is 4.14. The molecule has 0 saturated heterocycles. The highest BCUT2D eigenvalue weighted by Crippen LogP contribution is 2.30. The van der Waals surface area contributed by atoms with Crippen LogP contribution in [0.5, 0.6) is 0 Å². The lowest BCUT2D eigenvalue weighted by Gasteiger charge is -2.21. The summed E-state index contributed by atoms with van der Waals surface area (Å²) >= 11 is 6.09. The summed E-state index contributed by atoms with van der Waals surface area (Å²) in [5, 5.41) is 4.48. The molecule has 3 rings (SSSR count). The molecule has 0 aliphatic heterocycles. The monoisotopic (exact) mass is 404 g/mol. The van der Waals surface area contributed by atoms with Gasteiger partial charge in [0.25, 0.3) is 10.0 Å². The van der Waals surface area contributed by atoms with Crippen molar-refractivity contribution in [2.45, 2.75) is 38.0 Å². The minimum Gasteiger partial charge on any atom is -0.277 e. The van der Waals surface area contributed by atoms with Gasteiger partial charge in [0.05, 0.1) is 16.3 Å². The summed E-state index contributed by atoms with van der Waals surface area (Å²) in [6, 6.07) is 10.4. The van der Waals surface area contributed by atoms with Gasteiger partial charge in [0.15, 0.2) is 0 Å². The average Bonchev–Trinajstić information content (AvgIpc) is 3.08. The van der Waals surface area contributed by atoms with Gasteiger partial charge in [-0.15, -0.1) is 0 Å².